The maximum atomic E-state index is 12.2. The fourth-order valence-corrected chi connectivity index (χ4v) is 3.48. The smallest absolute Gasteiger partial charge is 0.240 e. The fourth-order valence-electron chi connectivity index (χ4n) is 2.09. The lowest BCUT2D eigenvalue weighted by molar-refractivity contribution is 0.491. The lowest BCUT2D eigenvalue weighted by Gasteiger charge is -2.13. The summed E-state index contributed by atoms with van der Waals surface area (Å²) in [7, 11) is -3.43. The second-order valence-corrected chi connectivity index (χ2v) is 6.71. The van der Waals surface area contributed by atoms with E-state index < -0.39 is 10.0 Å². The van der Waals surface area contributed by atoms with Crippen molar-refractivity contribution in [2.45, 2.75) is 31.2 Å². The number of sulfonamides is 1. The van der Waals surface area contributed by atoms with Crippen LogP contribution in [0.1, 0.15) is 25.3 Å². The molecule has 18 heavy (non-hydrogen) atoms. The number of rotatable bonds is 6. The van der Waals surface area contributed by atoms with Crippen LogP contribution in [0.3, 0.4) is 0 Å². The summed E-state index contributed by atoms with van der Waals surface area (Å²) in [6.45, 7) is 2.83. The summed E-state index contributed by atoms with van der Waals surface area (Å²) in [5, 5.41) is 0. The van der Waals surface area contributed by atoms with Crippen LogP contribution in [-0.4, -0.2) is 15.0 Å². The highest BCUT2D eigenvalue weighted by atomic mass is 32.2. The maximum Gasteiger partial charge on any atom is 0.240 e. The largest absolute Gasteiger partial charge is 0.326 e. The molecule has 5 heteroatoms. The minimum Gasteiger partial charge on any atom is -0.326 e. The molecule has 0 radical (unpaired) electrons. The van der Waals surface area contributed by atoms with E-state index in [1.807, 2.05) is 0 Å². The van der Waals surface area contributed by atoms with Crippen molar-refractivity contribution in [3.63, 3.8) is 0 Å². The normalized spacial score (nSPS) is 17.7. The predicted molar refractivity (Wildman–Crippen MR) is 71.4 cm³/mol. The van der Waals surface area contributed by atoms with E-state index in [1.165, 1.54) is 12.8 Å². The average molecular weight is 268 g/mol. The molecule has 1 unspecified atom stereocenters. The highest BCUT2D eigenvalue weighted by molar-refractivity contribution is 7.89. The van der Waals surface area contributed by atoms with E-state index in [0.29, 0.717) is 28.8 Å². The number of benzene rings is 1. The Morgan fingerprint density at radius 2 is 2.06 bits per heavy atom. The van der Waals surface area contributed by atoms with Crippen LogP contribution in [0.15, 0.2) is 29.2 Å². The summed E-state index contributed by atoms with van der Waals surface area (Å²) < 4.78 is 27.1. The molecule has 1 fully saturated rings. The van der Waals surface area contributed by atoms with Crippen molar-refractivity contribution in [2.24, 2.45) is 17.6 Å². The minimum absolute atomic E-state index is 0.231. The number of nitrogens with two attached hydrogens (primary N) is 1. The van der Waals surface area contributed by atoms with Gasteiger partial charge in [-0.15, -0.1) is 0 Å². The number of nitrogens with one attached hydrogen (secondary N) is 1. The third-order valence-electron chi connectivity index (χ3n) is 3.50. The van der Waals surface area contributed by atoms with Gasteiger partial charge in [-0.25, -0.2) is 13.1 Å². The zero-order chi connectivity index (χ0) is 13.2. The highest BCUT2D eigenvalue weighted by Gasteiger charge is 2.29. The lowest BCUT2D eigenvalue weighted by Crippen LogP contribution is -2.30. The molecule has 100 valence electrons. The Balaban J connectivity index is 2.09. The molecule has 1 aliphatic carbocycles. The van der Waals surface area contributed by atoms with Crippen molar-refractivity contribution >= 4 is 10.0 Å². The topological polar surface area (TPSA) is 72.2 Å². The molecule has 0 amide bonds. The summed E-state index contributed by atoms with van der Waals surface area (Å²) in [6, 6.07) is 6.87. The average Bonchev–Trinajstić information content (AvgIpc) is 3.20. The van der Waals surface area contributed by atoms with E-state index in [4.69, 9.17) is 5.73 Å². The molecule has 0 bridgehead atoms. The molecule has 4 nitrogen and oxygen atoms in total. The molecule has 0 saturated heterocycles. The quantitative estimate of drug-likeness (QED) is 0.820. The number of hydrogen-bond acceptors (Lipinski definition) is 3. The van der Waals surface area contributed by atoms with Crippen molar-refractivity contribution in [3.8, 4) is 0 Å². The lowest BCUT2D eigenvalue weighted by atomic mass is 10.1. The molecule has 1 aromatic rings. The molecule has 2 rings (SSSR count). The van der Waals surface area contributed by atoms with Crippen LogP contribution in [0.5, 0.6) is 0 Å². The first-order chi connectivity index (χ1) is 8.54. The first-order valence-corrected chi connectivity index (χ1v) is 7.80. The van der Waals surface area contributed by atoms with Gasteiger partial charge in [0.1, 0.15) is 0 Å². The zero-order valence-electron chi connectivity index (χ0n) is 10.6. The Hall–Kier alpha value is -0.910. The van der Waals surface area contributed by atoms with E-state index in [2.05, 4.69) is 11.6 Å². The first-order valence-electron chi connectivity index (χ1n) is 6.32. The molecule has 0 aromatic heterocycles. The van der Waals surface area contributed by atoms with Crippen LogP contribution in [-0.2, 0) is 16.6 Å². The van der Waals surface area contributed by atoms with Crippen LogP contribution in [0, 0.1) is 11.8 Å². The van der Waals surface area contributed by atoms with Crippen LogP contribution >= 0.6 is 0 Å². The SMILES string of the molecule is CC(CNS(=O)(=O)c1ccccc1CN)C1CC1. The van der Waals surface area contributed by atoms with Crippen molar-refractivity contribution in [1.82, 2.24) is 4.72 Å². The van der Waals surface area contributed by atoms with Gasteiger partial charge < -0.3 is 5.73 Å². The van der Waals surface area contributed by atoms with Gasteiger partial charge in [-0.3, -0.25) is 0 Å². The van der Waals surface area contributed by atoms with Gasteiger partial charge in [0.15, 0.2) is 0 Å². The van der Waals surface area contributed by atoms with Gasteiger partial charge in [0.25, 0.3) is 0 Å². The van der Waals surface area contributed by atoms with Gasteiger partial charge >= 0.3 is 0 Å². The van der Waals surface area contributed by atoms with E-state index >= 15 is 0 Å². The van der Waals surface area contributed by atoms with Crippen LogP contribution in [0.25, 0.3) is 0 Å². The van der Waals surface area contributed by atoms with Crippen LogP contribution < -0.4 is 10.5 Å². The molecule has 3 N–H and O–H groups in total. The molecule has 1 saturated carbocycles. The standard InChI is InChI=1S/C13H20N2O2S/c1-10(11-6-7-11)9-15-18(16,17)13-5-3-2-4-12(13)8-14/h2-5,10-11,15H,6-9,14H2,1H3. The first kappa shape index (κ1) is 13.5. The Labute approximate surface area is 109 Å². The summed E-state index contributed by atoms with van der Waals surface area (Å²) in [6.07, 6.45) is 2.45. The number of hydrogen-bond donors (Lipinski definition) is 2. The summed E-state index contributed by atoms with van der Waals surface area (Å²) in [5.41, 5.74) is 6.23. The molecular weight excluding hydrogens is 248 g/mol. The predicted octanol–water partition coefficient (Wildman–Crippen LogP) is 1.47. The highest BCUT2D eigenvalue weighted by Crippen LogP contribution is 2.36. The second kappa shape index (κ2) is 5.38. The van der Waals surface area contributed by atoms with Crippen molar-refractivity contribution < 1.29 is 8.42 Å². The van der Waals surface area contributed by atoms with Crippen LogP contribution in [0.2, 0.25) is 0 Å². The third-order valence-corrected chi connectivity index (χ3v) is 5.03. The fraction of sp³-hybridized carbons (Fsp3) is 0.538. The zero-order valence-corrected chi connectivity index (χ0v) is 11.4. The van der Waals surface area contributed by atoms with Crippen molar-refractivity contribution in [1.29, 1.82) is 0 Å². The van der Waals surface area contributed by atoms with Gasteiger partial charge in [0.2, 0.25) is 10.0 Å². The molecule has 0 heterocycles. The Morgan fingerprint density at radius 1 is 1.39 bits per heavy atom. The van der Waals surface area contributed by atoms with Crippen molar-refractivity contribution in [2.75, 3.05) is 6.54 Å². The van der Waals surface area contributed by atoms with E-state index in [1.54, 1.807) is 24.3 Å². The van der Waals surface area contributed by atoms with Gasteiger partial charge in [-0.1, -0.05) is 25.1 Å². The summed E-state index contributed by atoms with van der Waals surface area (Å²) in [4.78, 5) is 0.301. The monoisotopic (exact) mass is 268 g/mol. The summed E-state index contributed by atoms with van der Waals surface area (Å²) >= 11 is 0. The van der Waals surface area contributed by atoms with E-state index in [9.17, 15) is 8.42 Å². The molecule has 1 aliphatic rings. The molecule has 1 atom stereocenters. The van der Waals surface area contributed by atoms with Gasteiger partial charge in [-0.05, 0) is 36.3 Å². The summed E-state index contributed by atoms with van der Waals surface area (Å²) in [5.74, 6) is 1.10. The Bertz CT molecular complexity index is 509. The van der Waals surface area contributed by atoms with Gasteiger partial charge in [0, 0.05) is 13.1 Å². The van der Waals surface area contributed by atoms with Crippen molar-refractivity contribution in [3.05, 3.63) is 29.8 Å². The Morgan fingerprint density at radius 3 is 2.67 bits per heavy atom. The van der Waals surface area contributed by atoms with Crippen LogP contribution in [0.4, 0.5) is 0 Å². The molecular formula is C13H20N2O2S. The molecule has 1 aromatic carbocycles. The van der Waals surface area contributed by atoms with Gasteiger partial charge in [-0.2, -0.15) is 0 Å². The van der Waals surface area contributed by atoms with E-state index in [0.717, 1.165) is 0 Å². The molecule has 0 spiro atoms. The second-order valence-electron chi connectivity index (χ2n) is 4.98. The minimum atomic E-state index is -3.43. The third kappa shape index (κ3) is 3.10. The van der Waals surface area contributed by atoms with E-state index in [-0.39, 0.29) is 6.54 Å². The Kier molecular flexibility index (Phi) is 4.04. The molecule has 0 aliphatic heterocycles. The maximum absolute atomic E-state index is 12.2. The van der Waals surface area contributed by atoms with Gasteiger partial charge in [0.05, 0.1) is 4.90 Å².